The summed E-state index contributed by atoms with van der Waals surface area (Å²) in [6.45, 7) is 6.60. The minimum absolute atomic E-state index is 0. The molecule has 2 heterocycles. The van der Waals surface area contributed by atoms with Gasteiger partial charge in [0.25, 0.3) is 5.91 Å². The fraction of sp³-hybridized carbons (Fsp3) is 0.545. The summed E-state index contributed by atoms with van der Waals surface area (Å²) in [5.41, 5.74) is 1.81. The number of carbonyl (C=O) groups excluding carboxylic acids is 1. The van der Waals surface area contributed by atoms with Crippen molar-refractivity contribution < 1.29 is 4.79 Å². The molecule has 1 atom stereocenters. The van der Waals surface area contributed by atoms with E-state index in [9.17, 15) is 4.79 Å². The Labute approximate surface area is 102 Å². The third kappa shape index (κ3) is 2.39. The zero-order chi connectivity index (χ0) is 10.8. The maximum atomic E-state index is 12.2. The van der Waals surface area contributed by atoms with Crippen molar-refractivity contribution in [2.75, 3.05) is 19.6 Å². The fourth-order valence-electron chi connectivity index (χ4n) is 1.97. The van der Waals surface area contributed by atoms with E-state index in [0.717, 1.165) is 30.8 Å². The van der Waals surface area contributed by atoms with E-state index in [1.54, 1.807) is 6.20 Å². The molecule has 0 aromatic carbocycles. The number of rotatable bonds is 1. The van der Waals surface area contributed by atoms with Crippen LogP contribution in [0.3, 0.4) is 0 Å². The van der Waals surface area contributed by atoms with Gasteiger partial charge in [-0.25, -0.2) is 0 Å². The number of H-pyrrole nitrogens is 1. The third-order valence-electron chi connectivity index (χ3n) is 2.94. The van der Waals surface area contributed by atoms with Gasteiger partial charge in [-0.15, -0.1) is 12.4 Å². The van der Waals surface area contributed by atoms with Crippen LogP contribution in [-0.4, -0.2) is 41.5 Å². The first kappa shape index (κ1) is 13.1. The smallest absolute Gasteiger partial charge is 0.255 e. The number of nitrogens with zero attached hydrogens (tertiary/aromatic N) is 1. The number of aromatic nitrogens is 1. The third-order valence-corrected chi connectivity index (χ3v) is 2.94. The number of piperazine rings is 1. The molecule has 1 aromatic rings. The molecule has 5 heteroatoms. The van der Waals surface area contributed by atoms with Crippen LogP contribution >= 0.6 is 12.4 Å². The summed E-state index contributed by atoms with van der Waals surface area (Å²) < 4.78 is 0. The Morgan fingerprint density at radius 3 is 2.81 bits per heavy atom. The Kier molecular flexibility index (Phi) is 4.38. The summed E-state index contributed by atoms with van der Waals surface area (Å²) in [5.74, 6) is 0.141. The molecule has 2 N–H and O–H groups in total. The van der Waals surface area contributed by atoms with E-state index in [2.05, 4.69) is 17.2 Å². The highest BCUT2D eigenvalue weighted by atomic mass is 35.5. The van der Waals surface area contributed by atoms with Gasteiger partial charge in [-0.1, -0.05) is 0 Å². The van der Waals surface area contributed by atoms with E-state index in [0.29, 0.717) is 0 Å². The lowest BCUT2D eigenvalue weighted by Gasteiger charge is -2.34. The molecule has 0 saturated carbocycles. The van der Waals surface area contributed by atoms with Crippen LogP contribution < -0.4 is 5.32 Å². The fourth-order valence-corrected chi connectivity index (χ4v) is 1.97. The van der Waals surface area contributed by atoms with Gasteiger partial charge in [0.15, 0.2) is 0 Å². The lowest BCUT2D eigenvalue weighted by atomic mass is 10.1. The highest BCUT2D eigenvalue weighted by molar-refractivity contribution is 5.95. The number of halogens is 1. The normalized spacial score (nSPS) is 20.4. The van der Waals surface area contributed by atoms with E-state index >= 15 is 0 Å². The van der Waals surface area contributed by atoms with Gasteiger partial charge in [-0.05, 0) is 19.4 Å². The van der Waals surface area contributed by atoms with Gasteiger partial charge in [-0.2, -0.15) is 0 Å². The van der Waals surface area contributed by atoms with Gasteiger partial charge in [0.05, 0.1) is 5.56 Å². The van der Waals surface area contributed by atoms with Gasteiger partial charge >= 0.3 is 0 Å². The summed E-state index contributed by atoms with van der Waals surface area (Å²) in [7, 11) is 0. The van der Waals surface area contributed by atoms with Crippen LogP contribution in [0.15, 0.2) is 12.4 Å². The molecule has 16 heavy (non-hydrogen) atoms. The minimum Gasteiger partial charge on any atom is -0.367 e. The number of aromatic amines is 1. The second-order valence-electron chi connectivity index (χ2n) is 4.10. The Bertz CT molecular complexity index is 364. The van der Waals surface area contributed by atoms with Crippen LogP contribution in [0.5, 0.6) is 0 Å². The molecule has 1 aromatic heterocycles. The lowest BCUT2D eigenvalue weighted by Crippen LogP contribution is -2.52. The number of carbonyl (C=O) groups is 1. The van der Waals surface area contributed by atoms with E-state index in [4.69, 9.17) is 0 Å². The zero-order valence-corrected chi connectivity index (χ0v) is 10.4. The predicted octanol–water partition coefficient (Wildman–Crippen LogP) is 1.18. The van der Waals surface area contributed by atoms with Gasteiger partial charge in [-0.3, -0.25) is 4.79 Å². The molecule has 0 bridgehead atoms. The second-order valence-corrected chi connectivity index (χ2v) is 4.10. The van der Waals surface area contributed by atoms with Crippen molar-refractivity contribution in [3.05, 3.63) is 23.5 Å². The van der Waals surface area contributed by atoms with Crippen molar-refractivity contribution in [2.24, 2.45) is 0 Å². The van der Waals surface area contributed by atoms with Crippen molar-refractivity contribution in [3.8, 4) is 0 Å². The van der Waals surface area contributed by atoms with Gasteiger partial charge < -0.3 is 15.2 Å². The Morgan fingerprint density at radius 1 is 1.50 bits per heavy atom. The van der Waals surface area contributed by atoms with Crippen molar-refractivity contribution in [2.45, 2.75) is 19.9 Å². The molecule has 1 amide bonds. The molecular weight excluding hydrogens is 226 g/mol. The van der Waals surface area contributed by atoms with Crippen LogP contribution in [0, 0.1) is 6.92 Å². The number of amides is 1. The second kappa shape index (κ2) is 5.37. The maximum Gasteiger partial charge on any atom is 0.255 e. The average Bonchev–Trinajstić information content (AvgIpc) is 2.64. The highest BCUT2D eigenvalue weighted by Crippen LogP contribution is 2.13. The van der Waals surface area contributed by atoms with Crippen LogP contribution in [0.25, 0.3) is 0 Å². The van der Waals surface area contributed by atoms with Crippen LogP contribution in [-0.2, 0) is 0 Å². The SMILES string of the molecule is Cc1c[nH]cc1C(=O)N1CCNCC1C.Cl. The largest absolute Gasteiger partial charge is 0.367 e. The molecule has 0 aliphatic carbocycles. The summed E-state index contributed by atoms with van der Waals surface area (Å²) in [5, 5.41) is 3.28. The van der Waals surface area contributed by atoms with Crippen LogP contribution in [0.4, 0.5) is 0 Å². The molecule has 1 aliphatic heterocycles. The first-order valence-electron chi connectivity index (χ1n) is 5.35. The molecule has 1 unspecified atom stereocenters. The monoisotopic (exact) mass is 243 g/mol. The van der Waals surface area contributed by atoms with Gasteiger partial charge in [0, 0.05) is 38.1 Å². The molecule has 90 valence electrons. The quantitative estimate of drug-likeness (QED) is 0.778. The molecule has 1 fully saturated rings. The molecule has 4 nitrogen and oxygen atoms in total. The average molecular weight is 244 g/mol. The Morgan fingerprint density at radius 2 is 2.25 bits per heavy atom. The molecule has 0 spiro atoms. The van der Waals surface area contributed by atoms with E-state index < -0.39 is 0 Å². The maximum absolute atomic E-state index is 12.2. The molecule has 0 radical (unpaired) electrons. The Hall–Kier alpha value is -1.00. The minimum atomic E-state index is 0. The number of nitrogens with one attached hydrogen (secondary N) is 2. The van der Waals surface area contributed by atoms with Crippen molar-refractivity contribution in [1.82, 2.24) is 15.2 Å². The standard InChI is InChI=1S/C11H17N3O.ClH/c1-8-5-13-7-10(8)11(15)14-4-3-12-6-9(14)2;/h5,7,9,12-13H,3-4,6H2,1-2H3;1H. The summed E-state index contributed by atoms with van der Waals surface area (Å²) in [6, 6.07) is 0.278. The van der Waals surface area contributed by atoms with Crippen LogP contribution in [0.2, 0.25) is 0 Å². The van der Waals surface area contributed by atoms with Gasteiger partial charge in [0.2, 0.25) is 0 Å². The van der Waals surface area contributed by atoms with E-state index in [-0.39, 0.29) is 24.4 Å². The summed E-state index contributed by atoms with van der Waals surface area (Å²) >= 11 is 0. The van der Waals surface area contributed by atoms with Crippen molar-refractivity contribution in [3.63, 3.8) is 0 Å². The molecule has 1 aliphatic rings. The number of aryl methyl sites for hydroxylation is 1. The first-order valence-corrected chi connectivity index (χ1v) is 5.35. The first-order chi connectivity index (χ1) is 7.20. The summed E-state index contributed by atoms with van der Waals surface area (Å²) in [6.07, 6.45) is 3.65. The van der Waals surface area contributed by atoms with E-state index in [1.807, 2.05) is 18.0 Å². The topological polar surface area (TPSA) is 48.1 Å². The number of hydrogen-bond donors (Lipinski definition) is 2. The zero-order valence-electron chi connectivity index (χ0n) is 9.62. The van der Waals surface area contributed by atoms with Crippen molar-refractivity contribution >= 4 is 18.3 Å². The predicted molar refractivity (Wildman–Crippen MR) is 66.1 cm³/mol. The Balaban J connectivity index is 0.00000128. The van der Waals surface area contributed by atoms with Gasteiger partial charge in [0.1, 0.15) is 0 Å². The highest BCUT2D eigenvalue weighted by Gasteiger charge is 2.25. The molecule has 1 saturated heterocycles. The molecule has 2 rings (SSSR count). The molecular formula is C11H18ClN3O. The number of hydrogen-bond acceptors (Lipinski definition) is 2. The van der Waals surface area contributed by atoms with Crippen LogP contribution in [0.1, 0.15) is 22.8 Å². The summed E-state index contributed by atoms with van der Waals surface area (Å²) in [4.78, 5) is 17.1. The lowest BCUT2D eigenvalue weighted by molar-refractivity contribution is 0.0655. The van der Waals surface area contributed by atoms with E-state index in [1.165, 1.54) is 0 Å². The van der Waals surface area contributed by atoms with Crippen molar-refractivity contribution in [1.29, 1.82) is 0 Å².